The van der Waals surface area contributed by atoms with Crippen LogP contribution in [-0.4, -0.2) is 5.78 Å². The summed E-state index contributed by atoms with van der Waals surface area (Å²) in [5.41, 5.74) is 2.00. The standard InChI is InChI=1S/C14H15NO/c1-10(9-15)8-14(16)13-5-3-2-4-12(13)11-6-7-11/h2-5,10-11H,6-8H2,1H3. The molecule has 0 amide bonds. The van der Waals surface area contributed by atoms with E-state index in [2.05, 4.69) is 6.07 Å². The van der Waals surface area contributed by atoms with Crippen LogP contribution < -0.4 is 0 Å². The summed E-state index contributed by atoms with van der Waals surface area (Å²) in [5.74, 6) is 0.494. The number of carbonyl (C=O) groups is 1. The van der Waals surface area contributed by atoms with E-state index in [0.717, 1.165) is 5.56 Å². The van der Waals surface area contributed by atoms with Gasteiger partial charge in [-0.3, -0.25) is 4.79 Å². The highest BCUT2D eigenvalue weighted by atomic mass is 16.1. The lowest BCUT2D eigenvalue weighted by Gasteiger charge is -2.08. The second kappa shape index (κ2) is 4.49. The molecular weight excluding hydrogens is 198 g/mol. The number of benzene rings is 1. The van der Waals surface area contributed by atoms with Gasteiger partial charge in [0, 0.05) is 12.0 Å². The van der Waals surface area contributed by atoms with E-state index in [-0.39, 0.29) is 11.7 Å². The molecule has 0 N–H and O–H groups in total. The fourth-order valence-electron chi connectivity index (χ4n) is 1.93. The molecule has 1 unspecified atom stereocenters. The highest BCUT2D eigenvalue weighted by Crippen LogP contribution is 2.41. The van der Waals surface area contributed by atoms with Gasteiger partial charge >= 0.3 is 0 Å². The van der Waals surface area contributed by atoms with Gasteiger partial charge in [0.25, 0.3) is 0 Å². The van der Waals surface area contributed by atoms with Crippen molar-refractivity contribution in [3.8, 4) is 6.07 Å². The predicted molar refractivity (Wildman–Crippen MR) is 62.1 cm³/mol. The summed E-state index contributed by atoms with van der Waals surface area (Å²) in [6.45, 7) is 1.79. The van der Waals surface area contributed by atoms with Crippen molar-refractivity contribution in [2.24, 2.45) is 5.92 Å². The molecule has 1 aromatic rings. The minimum Gasteiger partial charge on any atom is -0.294 e. The Morgan fingerprint density at radius 2 is 2.19 bits per heavy atom. The molecule has 0 radical (unpaired) electrons. The highest BCUT2D eigenvalue weighted by Gasteiger charge is 2.27. The van der Waals surface area contributed by atoms with E-state index in [1.807, 2.05) is 24.3 Å². The van der Waals surface area contributed by atoms with Crippen molar-refractivity contribution in [1.29, 1.82) is 5.26 Å². The quantitative estimate of drug-likeness (QED) is 0.720. The molecule has 2 nitrogen and oxygen atoms in total. The van der Waals surface area contributed by atoms with E-state index in [1.165, 1.54) is 18.4 Å². The lowest BCUT2D eigenvalue weighted by atomic mass is 9.95. The number of nitriles is 1. The molecule has 16 heavy (non-hydrogen) atoms. The molecular formula is C14H15NO. The Bertz CT molecular complexity index is 440. The monoisotopic (exact) mass is 213 g/mol. The van der Waals surface area contributed by atoms with Crippen LogP contribution in [0.15, 0.2) is 24.3 Å². The van der Waals surface area contributed by atoms with Gasteiger partial charge in [0.15, 0.2) is 5.78 Å². The van der Waals surface area contributed by atoms with Crippen molar-refractivity contribution in [2.75, 3.05) is 0 Å². The molecule has 1 saturated carbocycles. The van der Waals surface area contributed by atoms with Crippen LogP contribution in [-0.2, 0) is 0 Å². The molecule has 0 heterocycles. The zero-order chi connectivity index (χ0) is 11.5. The Labute approximate surface area is 95.9 Å². The first kappa shape index (κ1) is 10.9. The number of rotatable bonds is 4. The first-order valence-corrected chi connectivity index (χ1v) is 5.74. The van der Waals surface area contributed by atoms with Crippen molar-refractivity contribution < 1.29 is 4.79 Å². The summed E-state index contributed by atoms with van der Waals surface area (Å²) >= 11 is 0. The Balaban J connectivity index is 2.19. The summed E-state index contributed by atoms with van der Waals surface area (Å²) in [6.07, 6.45) is 2.72. The number of hydrogen-bond donors (Lipinski definition) is 0. The molecule has 1 fully saturated rings. The lowest BCUT2D eigenvalue weighted by molar-refractivity contribution is 0.0972. The predicted octanol–water partition coefficient (Wildman–Crippen LogP) is 3.30. The molecule has 0 saturated heterocycles. The maximum absolute atomic E-state index is 12.0. The van der Waals surface area contributed by atoms with Gasteiger partial charge in [0.1, 0.15) is 0 Å². The molecule has 1 aliphatic rings. The van der Waals surface area contributed by atoms with Crippen LogP contribution in [0, 0.1) is 17.2 Å². The molecule has 0 spiro atoms. The van der Waals surface area contributed by atoms with Crippen LogP contribution in [0.25, 0.3) is 0 Å². The zero-order valence-corrected chi connectivity index (χ0v) is 9.44. The zero-order valence-electron chi connectivity index (χ0n) is 9.44. The summed E-state index contributed by atoms with van der Waals surface area (Å²) < 4.78 is 0. The highest BCUT2D eigenvalue weighted by molar-refractivity contribution is 5.98. The summed E-state index contributed by atoms with van der Waals surface area (Å²) in [6, 6.07) is 9.92. The molecule has 1 aliphatic carbocycles. The Morgan fingerprint density at radius 1 is 1.50 bits per heavy atom. The normalized spacial score (nSPS) is 16.5. The molecule has 82 valence electrons. The second-order valence-electron chi connectivity index (χ2n) is 4.52. The van der Waals surface area contributed by atoms with Crippen LogP contribution in [0.5, 0.6) is 0 Å². The van der Waals surface area contributed by atoms with E-state index in [9.17, 15) is 4.79 Å². The van der Waals surface area contributed by atoms with Crippen molar-refractivity contribution in [2.45, 2.75) is 32.1 Å². The van der Waals surface area contributed by atoms with Crippen LogP contribution in [0.4, 0.5) is 0 Å². The fraction of sp³-hybridized carbons (Fsp3) is 0.429. The van der Waals surface area contributed by atoms with E-state index < -0.39 is 0 Å². The van der Waals surface area contributed by atoms with Crippen LogP contribution in [0.2, 0.25) is 0 Å². The van der Waals surface area contributed by atoms with Crippen molar-refractivity contribution in [1.82, 2.24) is 0 Å². The maximum atomic E-state index is 12.0. The molecule has 2 heteroatoms. The SMILES string of the molecule is CC(C#N)CC(=O)c1ccccc1C1CC1. The van der Waals surface area contributed by atoms with Gasteiger partial charge < -0.3 is 0 Å². The largest absolute Gasteiger partial charge is 0.294 e. The topological polar surface area (TPSA) is 40.9 Å². The van der Waals surface area contributed by atoms with Crippen LogP contribution >= 0.6 is 0 Å². The Hall–Kier alpha value is -1.62. The third-order valence-electron chi connectivity index (χ3n) is 2.99. The van der Waals surface area contributed by atoms with Crippen LogP contribution in [0.3, 0.4) is 0 Å². The van der Waals surface area contributed by atoms with E-state index >= 15 is 0 Å². The smallest absolute Gasteiger partial charge is 0.164 e. The fourth-order valence-corrected chi connectivity index (χ4v) is 1.93. The average molecular weight is 213 g/mol. The number of ketones is 1. The van der Waals surface area contributed by atoms with E-state index in [0.29, 0.717) is 12.3 Å². The minimum absolute atomic E-state index is 0.108. The van der Waals surface area contributed by atoms with Gasteiger partial charge in [-0.1, -0.05) is 24.3 Å². The van der Waals surface area contributed by atoms with Crippen molar-refractivity contribution >= 4 is 5.78 Å². The van der Waals surface area contributed by atoms with Crippen molar-refractivity contribution in [3.63, 3.8) is 0 Å². The van der Waals surface area contributed by atoms with Gasteiger partial charge in [-0.2, -0.15) is 5.26 Å². The first-order chi connectivity index (χ1) is 7.72. The minimum atomic E-state index is -0.195. The summed E-state index contributed by atoms with van der Waals surface area (Å²) in [4.78, 5) is 12.0. The van der Waals surface area contributed by atoms with E-state index in [1.54, 1.807) is 6.92 Å². The lowest BCUT2D eigenvalue weighted by Crippen LogP contribution is -2.07. The Kier molecular flexibility index (Phi) is 3.05. The molecule has 0 aromatic heterocycles. The molecule has 0 bridgehead atoms. The van der Waals surface area contributed by atoms with Gasteiger partial charge in [-0.15, -0.1) is 0 Å². The molecule has 1 atom stereocenters. The van der Waals surface area contributed by atoms with Gasteiger partial charge in [0.05, 0.1) is 12.0 Å². The summed E-state index contributed by atoms with van der Waals surface area (Å²) in [5, 5.41) is 8.72. The van der Waals surface area contributed by atoms with E-state index in [4.69, 9.17) is 5.26 Å². The maximum Gasteiger partial charge on any atom is 0.164 e. The van der Waals surface area contributed by atoms with Gasteiger partial charge in [-0.05, 0) is 31.2 Å². The number of Topliss-reactive ketones (excluding diaryl/α,β-unsaturated/α-hetero) is 1. The average Bonchev–Trinajstić information content (AvgIpc) is 3.12. The molecule has 2 rings (SSSR count). The third-order valence-corrected chi connectivity index (χ3v) is 2.99. The number of nitrogens with zero attached hydrogens (tertiary/aromatic N) is 1. The number of hydrogen-bond acceptors (Lipinski definition) is 2. The second-order valence-corrected chi connectivity index (χ2v) is 4.52. The van der Waals surface area contributed by atoms with Gasteiger partial charge in [0.2, 0.25) is 0 Å². The van der Waals surface area contributed by atoms with Crippen LogP contribution in [0.1, 0.15) is 48.0 Å². The van der Waals surface area contributed by atoms with Crippen molar-refractivity contribution in [3.05, 3.63) is 35.4 Å². The molecule has 1 aromatic carbocycles. The molecule has 0 aliphatic heterocycles. The Morgan fingerprint density at radius 3 is 2.81 bits per heavy atom. The summed E-state index contributed by atoms with van der Waals surface area (Å²) in [7, 11) is 0. The van der Waals surface area contributed by atoms with Gasteiger partial charge in [-0.25, -0.2) is 0 Å². The number of carbonyl (C=O) groups excluding carboxylic acids is 1. The first-order valence-electron chi connectivity index (χ1n) is 5.74. The third kappa shape index (κ3) is 2.30.